The normalized spacial score (nSPS) is 16.3. The quantitative estimate of drug-likeness (QED) is 0.663. The van der Waals surface area contributed by atoms with E-state index in [1.807, 2.05) is 17.0 Å². The Balaban J connectivity index is 1.52. The summed E-state index contributed by atoms with van der Waals surface area (Å²) in [5.74, 6) is 1.52. The van der Waals surface area contributed by atoms with Crippen molar-refractivity contribution in [3.05, 3.63) is 53.7 Å². The molecule has 0 radical (unpaired) electrons. The maximum absolute atomic E-state index is 12.6. The van der Waals surface area contributed by atoms with Crippen LogP contribution in [0.4, 0.5) is 0 Å². The van der Waals surface area contributed by atoms with Gasteiger partial charge >= 0.3 is 0 Å². The van der Waals surface area contributed by atoms with E-state index in [2.05, 4.69) is 24.0 Å². The first-order valence-corrected chi connectivity index (χ1v) is 9.84. The molecule has 3 rings (SSSR count). The number of carbonyl (C=O) groups is 2. The van der Waals surface area contributed by atoms with Crippen LogP contribution >= 0.6 is 0 Å². The topological polar surface area (TPSA) is 63.4 Å². The molecule has 0 bridgehead atoms. The summed E-state index contributed by atoms with van der Waals surface area (Å²) >= 11 is 0. The molecule has 0 spiro atoms. The first-order chi connectivity index (χ1) is 13.2. The fourth-order valence-corrected chi connectivity index (χ4v) is 4.07. The van der Waals surface area contributed by atoms with E-state index >= 15 is 0 Å². The molecule has 1 unspecified atom stereocenters. The van der Waals surface area contributed by atoms with E-state index in [1.165, 1.54) is 11.1 Å². The Hall–Kier alpha value is -2.43. The Morgan fingerprint density at radius 1 is 1.33 bits per heavy atom. The van der Waals surface area contributed by atoms with E-state index in [-0.39, 0.29) is 11.8 Å². The lowest BCUT2D eigenvalue weighted by molar-refractivity contribution is -0.132. The number of oxazole rings is 1. The molecule has 5 nitrogen and oxygen atoms in total. The van der Waals surface area contributed by atoms with Crippen molar-refractivity contribution in [1.82, 2.24) is 9.88 Å². The summed E-state index contributed by atoms with van der Waals surface area (Å²) in [7, 11) is 0. The lowest BCUT2D eigenvalue weighted by Crippen LogP contribution is -2.40. The monoisotopic (exact) mass is 368 g/mol. The molecule has 1 atom stereocenters. The molecular formula is C22H28N2O3. The van der Waals surface area contributed by atoms with Crippen LogP contribution in [0.25, 0.3) is 0 Å². The fraction of sp³-hybridized carbons (Fsp3) is 0.500. The van der Waals surface area contributed by atoms with Gasteiger partial charge in [0.1, 0.15) is 12.5 Å². The highest BCUT2D eigenvalue weighted by molar-refractivity contribution is 5.76. The molecule has 144 valence electrons. The van der Waals surface area contributed by atoms with Gasteiger partial charge in [0.25, 0.3) is 0 Å². The highest BCUT2D eigenvalue weighted by Gasteiger charge is 2.31. The van der Waals surface area contributed by atoms with Crippen LogP contribution in [-0.2, 0) is 16.0 Å². The van der Waals surface area contributed by atoms with E-state index < -0.39 is 0 Å². The van der Waals surface area contributed by atoms with E-state index in [9.17, 15) is 9.59 Å². The highest BCUT2D eigenvalue weighted by Crippen LogP contribution is 2.35. The molecule has 1 amide bonds. The van der Waals surface area contributed by atoms with Crippen molar-refractivity contribution >= 4 is 12.2 Å². The van der Waals surface area contributed by atoms with Crippen LogP contribution in [-0.4, -0.2) is 35.2 Å². The van der Waals surface area contributed by atoms with Gasteiger partial charge in [-0.05, 0) is 49.7 Å². The largest absolute Gasteiger partial charge is 0.449 e. The van der Waals surface area contributed by atoms with Gasteiger partial charge in [-0.25, -0.2) is 4.98 Å². The molecule has 0 aliphatic carbocycles. The van der Waals surface area contributed by atoms with Crippen molar-refractivity contribution in [1.29, 1.82) is 0 Å². The van der Waals surface area contributed by atoms with Crippen LogP contribution in [0.5, 0.6) is 0 Å². The third kappa shape index (κ3) is 5.06. The number of benzene rings is 1. The number of nitrogens with zero attached hydrogens (tertiary/aromatic N) is 2. The van der Waals surface area contributed by atoms with Crippen molar-refractivity contribution in [3.8, 4) is 0 Å². The Morgan fingerprint density at radius 3 is 2.78 bits per heavy atom. The van der Waals surface area contributed by atoms with Gasteiger partial charge in [-0.15, -0.1) is 0 Å². The lowest BCUT2D eigenvalue weighted by atomic mass is 9.81. The van der Waals surface area contributed by atoms with Gasteiger partial charge in [0, 0.05) is 31.8 Å². The predicted molar refractivity (Wildman–Crippen MR) is 103 cm³/mol. The SMILES string of the molecule is Cc1ccccc1CCC(=O)N1CCC(C(CCC=O)c2ncco2)CC1. The van der Waals surface area contributed by atoms with E-state index in [1.54, 1.807) is 12.5 Å². The second kappa shape index (κ2) is 9.49. The zero-order chi connectivity index (χ0) is 19.1. The standard InChI is InChI=1S/C22H28N2O3/c1-17-5-2-3-6-18(17)8-9-21(26)24-13-10-19(11-14-24)20(7-4-15-25)22-23-12-16-27-22/h2-3,5-6,12,15-16,19-20H,4,7-11,13-14H2,1H3. The third-order valence-electron chi connectivity index (χ3n) is 5.69. The van der Waals surface area contributed by atoms with Crippen molar-refractivity contribution < 1.29 is 14.0 Å². The maximum Gasteiger partial charge on any atom is 0.222 e. The number of rotatable bonds is 8. The van der Waals surface area contributed by atoms with E-state index in [0.717, 1.165) is 50.9 Å². The van der Waals surface area contributed by atoms with Gasteiger partial charge in [0.15, 0.2) is 5.89 Å². The van der Waals surface area contributed by atoms with Crippen molar-refractivity contribution in [2.24, 2.45) is 5.92 Å². The fourth-order valence-electron chi connectivity index (χ4n) is 4.07. The number of hydrogen-bond acceptors (Lipinski definition) is 4. The summed E-state index contributed by atoms with van der Waals surface area (Å²) < 4.78 is 5.51. The molecule has 1 aliphatic heterocycles. The van der Waals surface area contributed by atoms with Gasteiger partial charge in [0.2, 0.25) is 5.91 Å². The minimum Gasteiger partial charge on any atom is -0.449 e. The number of hydrogen-bond donors (Lipinski definition) is 0. The molecule has 2 aromatic rings. The van der Waals surface area contributed by atoms with Crippen molar-refractivity contribution in [2.75, 3.05) is 13.1 Å². The van der Waals surface area contributed by atoms with Gasteiger partial charge in [-0.3, -0.25) is 4.79 Å². The smallest absolute Gasteiger partial charge is 0.222 e. The summed E-state index contributed by atoms with van der Waals surface area (Å²) in [6.07, 6.45) is 8.71. The first kappa shape index (κ1) is 19.3. The van der Waals surface area contributed by atoms with Crippen LogP contribution in [0.3, 0.4) is 0 Å². The zero-order valence-corrected chi connectivity index (χ0v) is 16.0. The van der Waals surface area contributed by atoms with Gasteiger partial charge in [0.05, 0.1) is 6.20 Å². The average Bonchev–Trinajstić information content (AvgIpc) is 3.22. The molecule has 5 heteroatoms. The van der Waals surface area contributed by atoms with Crippen LogP contribution in [0.2, 0.25) is 0 Å². The molecular weight excluding hydrogens is 340 g/mol. The zero-order valence-electron chi connectivity index (χ0n) is 16.0. The van der Waals surface area contributed by atoms with Crippen LogP contribution < -0.4 is 0 Å². The number of carbonyl (C=O) groups excluding carboxylic acids is 2. The number of piperidine rings is 1. The second-order valence-electron chi connectivity index (χ2n) is 7.37. The van der Waals surface area contributed by atoms with E-state index in [4.69, 9.17) is 4.42 Å². The molecule has 1 fully saturated rings. The van der Waals surface area contributed by atoms with Crippen LogP contribution in [0.1, 0.15) is 55.0 Å². The van der Waals surface area contributed by atoms with Gasteiger partial charge < -0.3 is 14.1 Å². The number of aldehydes is 1. The Labute approximate surface area is 160 Å². The number of likely N-dealkylation sites (tertiary alicyclic amines) is 1. The number of aromatic nitrogens is 1. The minimum absolute atomic E-state index is 0.162. The molecule has 27 heavy (non-hydrogen) atoms. The summed E-state index contributed by atoms with van der Waals surface area (Å²) in [4.78, 5) is 29.7. The summed E-state index contributed by atoms with van der Waals surface area (Å²) in [5.41, 5.74) is 2.49. The third-order valence-corrected chi connectivity index (χ3v) is 5.69. The average molecular weight is 368 g/mol. The molecule has 1 aromatic carbocycles. The lowest BCUT2D eigenvalue weighted by Gasteiger charge is -2.35. The maximum atomic E-state index is 12.6. The Kier molecular flexibility index (Phi) is 6.80. The van der Waals surface area contributed by atoms with Gasteiger partial charge in [-0.2, -0.15) is 0 Å². The minimum atomic E-state index is 0.162. The predicted octanol–water partition coefficient (Wildman–Crippen LogP) is 3.92. The molecule has 1 aromatic heterocycles. The summed E-state index contributed by atoms with van der Waals surface area (Å²) in [5, 5.41) is 0. The van der Waals surface area contributed by atoms with Crippen molar-refractivity contribution in [2.45, 2.75) is 51.4 Å². The van der Waals surface area contributed by atoms with Gasteiger partial charge in [-0.1, -0.05) is 24.3 Å². The molecule has 0 N–H and O–H groups in total. The number of amides is 1. The molecule has 0 saturated carbocycles. The summed E-state index contributed by atoms with van der Waals surface area (Å²) in [6.45, 7) is 3.64. The Morgan fingerprint density at radius 2 is 2.11 bits per heavy atom. The molecule has 1 aliphatic rings. The molecule has 1 saturated heterocycles. The summed E-state index contributed by atoms with van der Waals surface area (Å²) in [6, 6.07) is 8.25. The van der Waals surface area contributed by atoms with E-state index in [0.29, 0.717) is 18.8 Å². The van der Waals surface area contributed by atoms with Crippen LogP contribution in [0, 0.1) is 12.8 Å². The van der Waals surface area contributed by atoms with Crippen LogP contribution in [0.15, 0.2) is 41.1 Å². The highest BCUT2D eigenvalue weighted by atomic mass is 16.3. The second-order valence-corrected chi connectivity index (χ2v) is 7.37. The first-order valence-electron chi connectivity index (χ1n) is 9.84. The number of aryl methyl sites for hydroxylation is 2. The van der Waals surface area contributed by atoms with Crippen molar-refractivity contribution in [3.63, 3.8) is 0 Å². The Bertz CT molecular complexity index is 734. The molecule has 2 heterocycles.